The second-order valence-electron chi connectivity index (χ2n) is 6.61. The summed E-state index contributed by atoms with van der Waals surface area (Å²) in [6.45, 7) is 2.34. The number of nitrogens with two attached hydrogens (primary N) is 1. The number of amides is 1. The molecule has 3 heterocycles. The lowest BCUT2D eigenvalue weighted by molar-refractivity contribution is 0.1000. The van der Waals surface area contributed by atoms with Crippen LogP contribution in [0.4, 0.5) is 5.82 Å². The number of nitrogens with one attached hydrogen (secondary N) is 1. The number of aryl methyl sites for hydroxylation is 1. The van der Waals surface area contributed by atoms with Crippen molar-refractivity contribution in [2.24, 2.45) is 5.73 Å². The molecule has 3 N–H and O–H groups in total. The number of carbonyl (C=O) groups is 1. The van der Waals surface area contributed by atoms with E-state index >= 15 is 0 Å². The van der Waals surface area contributed by atoms with Crippen LogP contribution >= 0.6 is 0 Å². The third kappa shape index (κ3) is 3.86. The topological polar surface area (TPSA) is 129 Å². The number of primary amides is 1. The Bertz CT molecular complexity index is 1210. The van der Waals surface area contributed by atoms with Crippen molar-refractivity contribution >= 4 is 22.6 Å². The third-order valence-corrected chi connectivity index (χ3v) is 4.56. The maximum Gasteiger partial charge on any atom is 0.250 e. The number of hydrogen-bond donors (Lipinski definition) is 2. The number of ether oxygens (including phenoxy) is 1. The summed E-state index contributed by atoms with van der Waals surface area (Å²) in [5.41, 5.74) is 9.42. The molecule has 0 unspecified atom stereocenters. The van der Waals surface area contributed by atoms with Gasteiger partial charge in [0.05, 0.1) is 36.3 Å². The number of rotatable bonds is 6. The first-order valence-corrected chi connectivity index (χ1v) is 9.17. The van der Waals surface area contributed by atoms with Crippen molar-refractivity contribution < 1.29 is 9.53 Å². The van der Waals surface area contributed by atoms with Crippen molar-refractivity contribution in [1.29, 1.82) is 0 Å². The van der Waals surface area contributed by atoms with Gasteiger partial charge in [-0.2, -0.15) is 10.2 Å². The van der Waals surface area contributed by atoms with Gasteiger partial charge >= 0.3 is 0 Å². The van der Waals surface area contributed by atoms with Crippen molar-refractivity contribution in [2.75, 3.05) is 12.4 Å². The highest BCUT2D eigenvalue weighted by molar-refractivity contribution is 5.96. The van der Waals surface area contributed by atoms with E-state index < -0.39 is 5.91 Å². The predicted octanol–water partition coefficient (Wildman–Crippen LogP) is 2.51. The van der Waals surface area contributed by atoms with E-state index in [0.29, 0.717) is 34.9 Å². The molecule has 150 valence electrons. The zero-order valence-corrected chi connectivity index (χ0v) is 16.5. The highest BCUT2D eigenvalue weighted by atomic mass is 16.5. The average Bonchev–Trinajstić information content (AvgIpc) is 2.78. The smallest absolute Gasteiger partial charge is 0.250 e. The normalized spacial score (nSPS) is 10.7. The van der Waals surface area contributed by atoms with Crippen LogP contribution in [0.15, 0.2) is 48.9 Å². The number of benzene rings is 1. The Morgan fingerprint density at radius 3 is 2.63 bits per heavy atom. The van der Waals surface area contributed by atoms with Gasteiger partial charge in [0.2, 0.25) is 5.91 Å². The molecule has 9 heteroatoms. The van der Waals surface area contributed by atoms with Crippen LogP contribution in [0, 0.1) is 6.92 Å². The molecule has 0 aliphatic heterocycles. The maximum absolute atomic E-state index is 11.3. The summed E-state index contributed by atoms with van der Waals surface area (Å²) in [5, 5.41) is 12.3. The van der Waals surface area contributed by atoms with E-state index in [0.717, 1.165) is 22.3 Å². The van der Waals surface area contributed by atoms with Gasteiger partial charge in [0.1, 0.15) is 23.4 Å². The first-order chi connectivity index (χ1) is 14.5. The number of anilines is 1. The molecule has 1 amide bonds. The van der Waals surface area contributed by atoms with E-state index in [-0.39, 0.29) is 0 Å². The van der Waals surface area contributed by atoms with Crippen LogP contribution < -0.4 is 15.8 Å². The first-order valence-electron chi connectivity index (χ1n) is 9.17. The summed E-state index contributed by atoms with van der Waals surface area (Å²) in [5.74, 6) is 0.698. The Morgan fingerprint density at radius 1 is 1.10 bits per heavy atom. The molecule has 0 bridgehead atoms. The van der Waals surface area contributed by atoms with Crippen molar-refractivity contribution in [2.45, 2.75) is 13.5 Å². The molecule has 9 nitrogen and oxygen atoms in total. The fourth-order valence-corrected chi connectivity index (χ4v) is 2.99. The van der Waals surface area contributed by atoms with Crippen LogP contribution in [0.5, 0.6) is 5.75 Å². The van der Waals surface area contributed by atoms with Gasteiger partial charge in [0.15, 0.2) is 0 Å². The molecule has 3 aromatic heterocycles. The van der Waals surface area contributed by atoms with Crippen LogP contribution in [0.2, 0.25) is 0 Å². The summed E-state index contributed by atoms with van der Waals surface area (Å²) in [6.07, 6.45) is 2.93. The fraction of sp³-hybridized carbons (Fsp3) is 0.143. The molecule has 30 heavy (non-hydrogen) atoms. The number of hydrogen-bond acceptors (Lipinski definition) is 8. The molecular weight excluding hydrogens is 382 g/mol. The number of nitrogens with zero attached hydrogens (tertiary/aromatic N) is 5. The number of fused-ring (bicyclic) bond motifs is 1. The van der Waals surface area contributed by atoms with Crippen molar-refractivity contribution in [3.63, 3.8) is 0 Å². The summed E-state index contributed by atoms with van der Waals surface area (Å²) in [6, 6.07) is 11.0. The van der Waals surface area contributed by atoms with Gasteiger partial charge in [-0.3, -0.25) is 9.78 Å². The number of aromatic nitrogens is 5. The van der Waals surface area contributed by atoms with Crippen molar-refractivity contribution in [3.8, 4) is 17.0 Å². The van der Waals surface area contributed by atoms with Gasteiger partial charge in [-0.15, -0.1) is 0 Å². The summed E-state index contributed by atoms with van der Waals surface area (Å²) >= 11 is 0. The van der Waals surface area contributed by atoms with E-state index in [9.17, 15) is 4.79 Å². The van der Waals surface area contributed by atoms with E-state index in [2.05, 4.69) is 30.5 Å². The van der Waals surface area contributed by atoms with Gasteiger partial charge in [-0.1, -0.05) is 0 Å². The molecular formula is C21H19N7O2. The molecule has 0 atom stereocenters. The maximum atomic E-state index is 11.3. The summed E-state index contributed by atoms with van der Waals surface area (Å²) < 4.78 is 5.54. The minimum absolute atomic E-state index is 0.344. The van der Waals surface area contributed by atoms with Gasteiger partial charge in [0, 0.05) is 17.1 Å². The lowest BCUT2D eigenvalue weighted by Gasteiger charge is -2.12. The second-order valence-corrected chi connectivity index (χ2v) is 6.61. The lowest BCUT2D eigenvalue weighted by atomic mass is 10.1. The number of carbonyl (C=O) groups excluding carboxylic acids is 1. The SMILES string of the molecule is COc1cc(-c2ccc(C(N)=O)cn2)cc2c(NCc3ccc(C)nn3)ncnc12. The molecule has 1 aromatic carbocycles. The van der Waals surface area contributed by atoms with Crippen LogP contribution in [0.1, 0.15) is 21.7 Å². The van der Waals surface area contributed by atoms with Crippen molar-refractivity contribution in [1.82, 2.24) is 25.1 Å². The Morgan fingerprint density at radius 2 is 1.97 bits per heavy atom. The molecule has 0 radical (unpaired) electrons. The van der Waals surface area contributed by atoms with Crippen LogP contribution in [-0.4, -0.2) is 38.2 Å². The summed E-state index contributed by atoms with van der Waals surface area (Å²) in [7, 11) is 1.58. The third-order valence-electron chi connectivity index (χ3n) is 4.56. The zero-order valence-electron chi connectivity index (χ0n) is 16.5. The minimum Gasteiger partial charge on any atom is -0.494 e. The number of pyridine rings is 1. The molecule has 0 fully saturated rings. The van der Waals surface area contributed by atoms with Crippen LogP contribution in [0.3, 0.4) is 0 Å². The van der Waals surface area contributed by atoms with E-state index in [4.69, 9.17) is 10.5 Å². The van der Waals surface area contributed by atoms with Gasteiger partial charge in [0.25, 0.3) is 0 Å². The minimum atomic E-state index is -0.524. The number of methoxy groups -OCH3 is 1. The largest absolute Gasteiger partial charge is 0.494 e. The average molecular weight is 401 g/mol. The molecule has 0 spiro atoms. The molecule has 0 saturated carbocycles. The highest BCUT2D eigenvalue weighted by Crippen LogP contribution is 2.33. The van der Waals surface area contributed by atoms with Gasteiger partial charge in [-0.05, 0) is 43.3 Å². The standard InChI is InChI=1S/C21H19N7O2/c1-12-3-5-15(28-27-12)10-24-21-16-7-14(8-18(30-2)19(16)25-11-26-21)17-6-4-13(9-23-17)20(22)29/h3-9,11H,10H2,1-2H3,(H2,22,29)(H,24,25,26). The first kappa shape index (κ1) is 19.2. The zero-order chi connectivity index (χ0) is 21.1. The molecule has 0 aliphatic rings. The van der Waals surface area contributed by atoms with E-state index in [1.807, 2.05) is 31.2 Å². The van der Waals surface area contributed by atoms with Crippen molar-refractivity contribution in [3.05, 3.63) is 65.9 Å². The highest BCUT2D eigenvalue weighted by Gasteiger charge is 2.13. The second kappa shape index (κ2) is 8.08. The Labute approximate surface area is 172 Å². The predicted molar refractivity (Wildman–Crippen MR) is 112 cm³/mol. The molecule has 4 aromatic rings. The molecule has 0 aliphatic carbocycles. The Kier molecular flexibility index (Phi) is 5.17. The molecule has 0 saturated heterocycles. The fourth-order valence-electron chi connectivity index (χ4n) is 2.99. The van der Waals surface area contributed by atoms with Gasteiger partial charge < -0.3 is 15.8 Å². The Balaban J connectivity index is 1.73. The molecule has 4 rings (SSSR count). The Hall–Kier alpha value is -4.14. The quantitative estimate of drug-likeness (QED) is 0.504. The van der Waals surface area contributed by atoms with Crippen LogP contribution in [0.25, 0.3) is 22.2 Å². The van der Waals surface area contributed by atoms with Gasteiger partial charge in [-0.25, -0.2) is 9.97 Å². The summed E-state index contributed by atoms with van der Waals surface area (Å²) in [4.78, 5) is 24.4. The van der Waals surface area contributed by atoms with Crippen LogP contribution in [-0.2, 0) is 6.54 Å². The van der Waals surface area contributed by atoms with E-state index in [1.54, 1.807) is 19.2 Å². The lowest BCUT2D eigenvalue weighted by Crippen LogP contribution is -2.11. The van der Waals surface area contributed by atoms with E-state index in [1.165, 1.54) is 12.5 Å². The monoisotopic (exact) mass is 401 g/mol.